The zero-order chi connectivity index (χ0) is 14.9. The fraction of sp³-hybridized carbons (Fsp3) is 0.500. The summed E-state index contributed by atoms with van der Waals surface area (Å²) in [6.07, 6.45) is -1.37. The highest BCUT2D eigenvalue weighted by Crippen LogP contribution is 2.43. The number of hydrogen-bond donors (Lipinski definition) is 4. The number of nitrogens with zero attached hydrogens (tertiary/aromatic N) is 2. The van der Waals surface area contributed by atoms with Gasteiger partial charge in [-0.1, -0.05) is 0 Å². The van der Waals surface area contributed by atoms with Crippen molar-refractivity contribution in [3.05, 3.63) is 33.1 Å². The molecule has 0 radical (unpaired) electrons. The number of aliphatic hydroxyl groups excluding tert-OH is 2. The van der Waals surface area contributed by atoms with Crippen LogP contribution < -0.4 is 11.2 Å². The summed E-state index contributed by atoms with van der Waals surface area (Å²) in [6, 6.07) is 1.06. The molecule has 0 unspecified atom stereocenters. The second kappa shape index (κ2) is 5.29. The van der Waals surface area contributed by atoms with Gasteiger partial charge in [0.25, 0.3) is 11.8 Å². The fourth-order valence-electron chi connectivity index (χ4n) is 1.95. The summed E-state index contributed by atoms with van der Waals surface area (Å²) in [5.74, 6) is 0. The van der Waals surface area contributed by atoms with Crippen LogP contribution in [0.2, 0.25) is 0 Å². The van der Waals surface area contributed by atoms with Crippen LogP contribution in [-0.2, 0) is 9.47 Å². The quantitative estimate of drug-likeness (QED) is 0.285. The molecule has 2 rings (SSSR count). The molecule has 1 aliphatic heterocycles. The van der Waals surface area contributed by atoms with Crippen molar-refractivity contribution in [1.82, 2.24) is 9.55 Å². The van der Waals surface area contributed by atoms with E-state index in [-0.39, 0.29) is 0 Å². The van der Waals surface area contributed by atoms with E-state index in [2.05, 4.69) is 12.6 Å². The van der Waals surface area contributed by atoms with Crippen molar-refractivity contribution in [3.8, 4) is 6.26 Å². The van der Waals surface area contributed by atoms with E-state index in [1.807, 2.05) is 4.98 Å². The molecule has 1 aromatic rings. The molecule has 108 valence electrons. The maximum Gasteiger partial charge on any atom is 0.330 e. The molecule has 4 atom stereocenters. The van der Waals surface area contributed by atoms with Crippen molar-refractivity contribution >= 4 is 12.6 Å². The highest BCUT2D eigenvalue weighted by atomic mass is 32.1. The van der Waals surface area contributed by atoms with Gasteiger partial charge in [0.15, 0.2) is 6.23 Å². The van der Waals surface area contributed by atoms with Gasteiger partial charge in [-0.15, -0.1) is 12.6 Å². The summed E-state index contributed by atoms with van der Waals surface area (Å²) in [5.41, 5.74) is -1.44. The number of rotatable bonds is 3. The van der Waals surface area contributed by atoms with Gasteiger partial charge in [-0.25, -0.2) is 4.79 Å². The highest BCUT2D eigenvalue weighted by Gasteiger charge is 2.58. The second-order valence-corrected chi connectivity index (χ2v) is 4.82. The molecule has 0 saturated carbocycles. The number of ether oxygens (including phenoxy) is 2. The predicted molar refractivity (Wildman–Crippen MR) is 66.7 cm³/mol. The topological polar surface area (TPSA) is 138 Å². The molecule has 0 bridgehead atoms. The van der Waals surface area contributed by atoms with Crippen molar-refractivity contribution in [3.63, 3.8) is 0 Å². The highest BCUT2D eigenvalue weighted by molar-refractivity contribution is 7.81. The van der Waals surface area contributed by atoms with Crippen LogP contribution in [0.25, 0.3) is 0 Å². The third-order valence-corrected chi connectivity index (χ3v) is 3.50. The Balaban J connectivity index is 2.51. The van der Waals surface area contributed by atoms with E-state index in [1.54, 1.807) is 0 Å². The number of hydrogen-bond acceptors (Lipinski definition) is 8. The molecule has 0 amide bonds. The van der Waals surface area contributed by atoms with Gasteiger partial charge >= 0.3 is 5.69 Å². The van der Waals surface area contributed by atoms with Gasteiger partial charge in [-0.2, -0.15) is 5.26 Å². The lowest BCUT2D eigenvalue weighted by atomic mass is 10.1. The standard InChI is InChI=1S/C10H11N3O6S/c11-4-18-10(20)7(16)5(3-14)19-8(10)13-2-1-6(15)12-9(13)17/h1-2,5,7-8,14,16,20H,3H2,(H,12,15,17)/t5-,7-,8-,10-/m1/s1. The molecule has 1 saturated heterocycles. The lowest BCUT2D eigenvalue weighted by Crippen LogP contribution is -2.46. The van der Waals surface area contributed by atoms with Crippen molar-refractivity contribution < 1.29 is 19.7 Å². The zero-order valence-corrected chi connectivity index (χ0v) is 10.9. The predicted octanol–water partition coefficient (Wildman–Crippen LogP) is -2.09. The van der Waals surface area contributed by atoms with Crippen LogP contribution in [0.4, 0.5) is 0 Å². The molecular weight excluding hydrogens is 290 g/mol. The van der Waals surface area contributed by atoms with Crippen molar-refractivity contribution in [2.45, 2.75) is 23.4 Å². The van der Waals surface area contributed by atoms with Crippen LogP contribution in [0, 0.1) is 11.5 Å². The van der Waals surface area contributed by atoms with Crippen molar-refractivity contribution in [2.75, 3.05) is 6.61 Å². The smallest absolute Gasteiger partial charge is 0.330 e. The average molecular weight is 301 g/mol. The van der Waals surface area contributed by atoms with Crippen LogP contribution in [0.3, 0.4) is 0 Å². The molecule has 2 heterocycles. The van der Waals surface area contributed by atoms with Crippen LogP contribution >= 0.6 is 12.6 Å². The molecule has 3 N–H and O–H groups in total. The Morgan fingerprint density at radius 2 is 2.35 bits per heavy atom. The number of aromatic nitrogens is 2. The van der Waals surface area contributed by atoms with E-state index < -0.39 is 41.2 Å². The molecule has 1 fully saturated rings. The maximum atomic E-state index is 11.7. The number of thiol groups is 1. The largest absolute Gasteiger partial charge is 0.402 e. The van der Waals surface area contributed by atoms with Crippen LogP contribution in [0.15, 0.2) is 21.9 Å². The number of aliphatic hydroxyl groups is 2. The van der Waals surface area contributed by atoms with Crippen molar-refractivity contribution in [1.29, 1.82) is 5.26 Å². The summed E-state index contributed by atoms with van der Waals surface area (Å²) in [4.78, 5) is 22.9. The first kappa shape index (κ1) is 14.6. The summed E-state index contributed by atoms with van der Waals surface area (Å²) in [7, 11) is 0. The molecule has 0 aliphatic carbocycles. The summed E-state index contributed by atoms with van der Waals surface area (Å²) >= 11 is 4.07. The Kier molecular flexibility index (Phi) is 3.87. The van der Waals surface area contributed by atoms with Crippen LogP contribution in [0.1, 0.15) is 6.23 Å². The van der Waals surface area contributed by atoms with Gasteiger partial charge in [0.1, 0.15) is 12.2 Å². The Morgan fingerprint density at radius 3 is 2.90 bits per heavy atom. The van der Waals surface area contributed by atoms with Gasteiger partial charge in [-0.3, -0.25) is 14.3 Å². The fourth-order valence-corrected chi connectivity index (χ4v) is 2.35. The van der Waals surface area contributed by atoms with Gasteiger partial charge in [0, 0.05) is 12.3 Å². The maximum absolute atomic E-state index is 11.7. The van der Waals surface area contributed by atoms with Gasteiger partial charge < -0.3 is 19.7 Å². The monoisotopic (exact) mass is 301 g/mol. The summed E-state index contributed by atoms with van der Waals surface area (Å²) < 4.78 is 10.9. The van der Waals surface area contributed by atoms with E-state index in [1.165, 1.54) is 6.26 Å². The number of H-pyrrole nitrogens is 1. The summed E-state index contributed by atoms with van der Waals surface area (Å²) in [5, 5.41) is 27.8. The van der Waals surface area contributed by atoms with E-state index in [9.17, 15) is 14.7 Å². The first-order valence-corrected chi connectivity index (χ1v) is 5.94. The lowest BCUT2D eigenvalue weighted by molar-refractivity contribution is -0.0627. The van der Waals surface area contributed by atoms with Gasteiger partial charge in [0.2, 0.25) is 4.93 Å². The Morgan fingerprint density at radius 1 is 1.65 bits per heavy atom. The molecule has 9 nitrogen and oxygen atoms in total. The molecule has 0 aromatic carbocycles. The molecule has 20 heavy (non-hydrogen) atoms. The molecule has 0 spiro atoms. The average Bonchev–Trinajstić information content (AvgIpc) is 2.63. The second-order valence-electron chi connectivity index (χ2n) is 4.12. The van der Waals surface area contributed by atoms with E-state index in [4.69, 9.17) is 19.8 Å². The first-order valence-electron chi connectivity index (χ1n) is 5.49. The number of nitriles is 1. The molecule has 1 aliphatic rings. The Bertz CT molecular complexity index is 651. The van der Waals surface area contributed by atoms with Gasteiger partial charge in [0.05, 0.1) is 6.61 Å². The minimum absolute atomic E-state index is 0.563. The van der Waals surface area contributed by atoms with Crippen molar-refractivity contribution in [2.24, 2.45) is 0 Å². The van der Waals surface area contributed by atoms with Gasteiger partial charge in [-0.05, 0) is 0 Å². The molecule has 10 heteroatoms. The van der Waals surface area contributed by atoms with E-state index >= 15 is 0 Å². The normalized spacial score (nSPS) is 32.8. The molecule has 1 aromatic heterocycles. The third kappa shape index (κ3) is 2.20. The van der Waals surface area contributed by atoms with E-state index in [0.717, 1.165) is 16.8 Å². The third-order valence-electron chi connectivity index (χ3n) is 2.93. The summed E-state index contributed by atoms with van der Waals surface area (Å²) in [6.45, 7) is -0.563. The zero-order valence-electron chi connectivity index (χ0n) is 9.96. The Hall–Kier alpha value is -1.80. The molecular formula is C10H11N3O6S. The number of aromatic amines is 1. The van der Waals surface area contributed by atoms with Crippen LogP contribution in [-0.4, -0.2) is 43.5 Å². The minimum atomic E-state index is -1.87. The number of nitrogens with one attached hydrogen (secondary N) is 1. The SMILES string of the molecule is N#CO[C@@]1(S)[C@H](O)[C@@H](CO)O[C@H]1n1ccc(=O)[nH]c1=O. The lowest BCUT2D eigenvalue weighted by Gasteiger charge is -2.28. The Labute approximate surface area is 117 Å². The van der Waals surface area contributed by atoms with Crippen LogP contribution in [0.5, 0.6) is 0 Å². The van der Waals surface area contributed by atoms with E-state index in [0.29, 0.717) is 0 Å². The minimum Gasteiger partial charge on any atom is -0.402 e. The first-order chi connectivity index (χ1) is 9.43.